The first-order chi connectivity index (χ1) is 13.9. The molecule has 1 N–H and O–H groups in total. The lowest BCUT2D eigenvalue weighted by atomic mass is 10.1. The van der Waals surface area contributed by atoms with Gasteiger partial charge in [-0.15, -0.1) is 0 Å². The molecule has 156 valence electrons. The van der Waals surface area contributed by atoms with Crippen molar-refractivity contribution >= 4 is 15.9 Å². The van der Waals surface area contributed by atoms with Crippen LogP contribution in [0.5, 0.6) is 0 Å². The van der Waals surface area contributed by atoms with Gasteiger partial charge in [0.05, 0.1) is 4.90 Å². The fraction of sp³-hybridized carbons (Fsp3) is 0.409. The van der Waals surface area contributed by atoms with E-state index in [0.717, 1.165) is 19.3 Å². The van der Waals surface area contributed by atoms with Gasteiger partial charge in [-0.1, -0.05) is 36.4 Å². The summed E-state index contributed by atoms with van der Waals surface area (Å²) in [5.41, 5.74) is 1.57. The lowest BCUT2D eigenvalue weighted by molar-refractivity contribution is 0.0941. The summed E-state index contributed by atoms with van der Waals surface area (Å²) in [7, 11) is 0.443. The highest BCUT2D eigenvalue weighted by Gasteiger charge is 2.27. The highest BCUT2D eigenvalue weighted by atomic mass is 32.2. The summed E-state index contributed by atoms with van der Waals surface area (Å²) in [6.07, 6.45) is 2.58. The lowest BCUT2D eigenvalue weighted by Crippen LogP contribution is -2.41. The van der Waals surface area contributed by atoms with Crippen LogP contribution in [0.15, 0.2) is 59.5 Å². The average molecular weight is 416 g/mol. The van der Waals surface area contributed by atoms with Gasteiger partial charge < -0.3 is 10.2 Å². The Kier molecular flexibility index (Phi) is 7.05. The predicted molar refractivity (Wildman–Crippen MR) is 114 cm³/mol. The molecule has 2 aromatic rings. The number of nitrogens with zero attached hydrogens (tertiary/aromatic N) is 2. The third kappa shape index (κ3) is 5.44. The Balaban J connectivity index is 1.67. The summed E-state index contributed by atoms with van der Waals surface area (Å²) in [4.78, 5) is 15.0. The smallest absolute Gasteiger partial charge is 0.251 e. The summed E-state index contributed by atoms with van der Waals surface area (Å²) in [5.74, 6) is -0.261. The van der Waals surface area contributed by atoms with Crippen molar-refractivity contribution in [1.82, 2.24) is 14.5 Å². The van der Waals surface area contributed by atoms with Crippen LogP contribution >= 0.6 is 0 Å². The van der Waals surface area contributed by atoms with Crippen molar-refractivity contribution in [3.8, 4) is 0 Å². The summed E-state index contributed by atoms with van der Waals surface area (Å²) in [6, 6.07) is 16.6. The standard InChI is InChI=1S/C22H29N3O3S/c1-24(2)20(15-18-9-4-3-5-10-18)17-23-22(26)19-11-8-12-21(16-19)29(27,28)25-13-6-7-14-25/h3-5,8-12,16,20H,6-7,13-15,17H2,1-2H3,(H,23,26)/t20-/m0/s1. The van der Waals surface area contributed by atoms with Gasteiger partial charge in [-0.05, 0) is 57.1 Å². The molecule has 1 atom stereocenters. The van der Waals surface area contributed by atoms with E-state index in [1.807, 2.05) is 32.3 Å². The summed E-state index contributed by atoms with van der Waals surface area (Å²) in [5, 5.41) is 2.96. The zero-order valence-electron chi connectivity index (χ0n) is 17.0. The number of hydrogen-bond donors (Lipinski definition) is 1. The molecule has 1 aliphatic rings. The molecule has 0 aromatic heterocycles. The molecule has 0 bridgehead atoms. The molecule has 1 aliphatic heterocycles. The molecule has 0 unspecified atom stereocenters. The van der Waals surface area contributed by atoms with E-state index in [1.54, 1.807) is 18.2 Å². The van der Waals surface area contributed by atoms with E-state index in [1.165, 1.54) is 15.9 Å². The fourth-order valence-corrected chi connectivity index (χ4v) is 5.07. The van der Waals surface area contributed by atoms with Gasteiger partial charge in [0.2, 0.25) is 10.0 Å². The molecule has 0 saturated carbocycles. The number of carbonyl (C=O) groups is 1. The number of rotatable bonds is 8. The number of amides is 1. The van der Waals surface area contributed by atoms with Crippen LogP contribution in [0, 0.1) is 0 Å². The van der Waals surface area contributed by atoms with E-state index in [0.29, 0.717) is 25.2 Å². The number of nitrogens with one attached hydrogen (secondary N) is 1. The topological polar surface area (TPSA) is 69.7 Å². The third-order valence-electron chi connectivity index (χ3n) is 5.34. The van der Waals surface area contributed by atoms with Gasteiger partial charge in [0.15, 0.2) is 0 Å². The molecule has 6 nitrogen and oxygen atoms in total. The molecule has 0 spiro atoms. The minimum atomic E-state index is -3.54. The van der Waals surface area contributed by atoms with Gasteiger partial charge in [0.25, 0.3) is 5.91 Å². The van der Waals surface area contributed by atoms with Crippen molar-refractivity contribution in [2.45, 2.75) is 30.2 Å². The fourth-order valence-electron chi connectivity index (χ4n) is 3.51. The molecule has 1 heterocycles. The second-order valence-electron chi connectivity index (χ2n) is 7.66. The molecule has 0 aliphatic carbocycles. The monoisotopic (exact) mass is 415 g/mol. The van der Waals surface area contributed by atoms with E-state index in [2.05, 4.69) is 22.3 Å². The Morgan fingerprint density at radius 1 is 1.07 bits per heavy atom. The predicted octanol–water partition coefficient (Wildman–Crippen LogP) is 2.37. The van der Waals surface area contributed by atoms with Crippen LogP contribution in [0.1, 0.15) is 28.8 Å². The van der Waals surface area contributed by atoms with E-state index in [-0.39, 0.29) is 16.8 Å². The quantitative estimate of drug-likeness (QED) is 0.719. The Hall–Kier alpha value is -2.22. The van der Waals surface area contributed by atoms with Crippen LogP contribution in [0.2, 0.25) is 0 Å². The minimum Gasteiger partial charge on any atom is -0.350 e. The molecule has 7 heteroatoms. The summed E-state index contributed by atoms with van der Waals surface area (Å²) in [6.45, 7) is 1.56. The van der Waals surface area contributed by atoms with Crippen LogP contribution in [0.25, 0.3) is 0 Å². The van der Waals surface area contributed by atoms with Gasteiger partial charge in [0.1, 0.15) is 0 Å². The Bertz CT molecular complexity index is 923. The number of benzene rings is 2. The van der Waals surface area contributed by atoms with Crippen LogP contribution < -0.4 is 5.32 Å². The normalized spacial score (nSPS) is 16.1. The Labute approximate surface area is 173 Å². The van der Waals surface area contributed by atoms with Gasteiger partial charge in [-0.3, -0.25) is 4.79 Å². The first-order valence-corrected chi connectivity index (χ1v) is 11.4. The van der Waals surface area contributed by atoms with Gasteiger partial charge in [-0.2, -0.15) is 4.31 Å². The maximum absolute atomic E-state index is 12.8. The maximum Gasteiger partial charge on any atom is 0.251 e. The molecule has 1 fully saturated rings. The molecule has 3 rings (SSSR count). The van der Waals surface area contributed by atoms with E-state index >= 15 is 0 Å². The molecule has 2 aromatic carbocycles. The first-order valence-electron chi connectivity index (χ1n) is 9.96. The second-order valence-corrected chi connectivity index (χ2v) is 9.59. The minimum absolute atomic E-state index is 0.137. The number of sulfonamides is 1. The zero-order chi connectivity index (χ0) is 20.9. The van der Waals surface area contributed by atoms with Gasteiger partial charge in [-0.25, -0.2) is 8.42 Å². The highest BCUT2D eigenvalue weighted by molar-refractivity contribution is 7.89. The van der Waals surface area contributed by atoms with Crippen molar-refractivity contribution in [2.75, 3.05) is 33.7 Å². The summed E-state index contributed by atoms with van der Waals surface area (Å²) >= 11 is 0. The third-order valence-corrected chi connectivity index (χ3v) is 7.24. The SMILES string of the molecule is CN(C)[C@H](CNC(=O)c1cccc(S(=O)(=O)N2CCCC2)c1)Cc1ccccc1. The number of likely N-dealkylation sites (N-methyl/N-ethyl adjacent to an activating group) is 1. The highest BCUT2D eigenvalue weighted by Crippen LogP contribution is 2.21. The van der Waals surface area contributed by atoms with Gasteiger partial charge >= 0.3 is 0 Å². The van der Waals surface area contributed by atoms with Crippen molar-refractivity contribution in [1.29, 1.82) is 0 Å². The first kappa shape index (κ1) is 21.5. The Morgan fingerprint density at radius 3 is 2.41 bits per heavy atom. The second kappa shape index (κ2) is 9.52. The molecule has 1 saturated heterocycles. The van der Waals surface area contributed by atoms with Crippen molar-refractivity contribution in [2.24, 2.45) is 0 Å². The largest absolute Gasteiger partial charge is 0.350 e. The van der Waals surface area contributed by atoms with Crippen molar-refractivity contribution in [3.63, 3.8) is 0 Å². The van der Waals surface area contributed by atoms with Crippen molar-refractivity contribution in [3.05, 3.63) is 65.7 Å². The van der Waals surface area contributed by atoms with Gasteiger partial charge in [0, 0.05) is 31.2 Å². The molecule has 29 heavy (non-hydrogen) atoms. The van der Waals surface area contributed by atoms with E-state index in [9.17, 15) is 13.2 Å². The van der Waals surface area contributed by atoms with E-state index < -0.39 is 10.0 Å². The average Bonchev–Trinajstić information content (AvgIpc) is 3.27. The van der Waals surface area contributed by atoms with Crippen LogP contribution in [0.4, 0.5) is 0 Å². The van der Waals surface area contributed by atoms with Crippen LogP contribution in [-0.2, 0) is 16.4 Å². The Morgan fingerprint density at radius 2 is 1.76 bits per heavy atom. The van der Waals surface area contributed by atoms with E-state index in [4.69, 9.17) is 0 Å². The van der Waals surface area contributed by atoms with Crippen LogP contribution in [0.3, 0.4) is 0 Å². The lowest BCUT2D eigenvalue weighted by Gasteiger charge is -2.25. The van der Waals surface area contributed by atoms with Crippen LogP contribution in [-0.4, -0.2) is 63.3 Å². The molecule has 0 radical (unpaired) electrons. The molecular formula is C22H29N3O3S. The summed E-state index contributed by atoms with van der Waals surface area (Å²) < 4.78 is 27.0. The zero-order valence-corrected chi connectivity index (χ0v) is 17.9. The molecular weight excluding hydrogens is 386 g/mol. The van der Waals surface area contributed by atoms with Crippen molar-refractivity contribution < 1.29 is 13.2 Å². The number of hydrogen-bond acceptors (Lipinski definition) is 4. The molecule has 1 amide bonds. The maximum atomic E-state index is 12.8. The number of carbonyl (C=O) groups excluding carboxylic acids is 1.